The van der Waals surface area contributed by atoms with E-state index in [1.807, 2.05) is 24.1 Å². The third kappa shape index (κ3) is 5.04. The number of likely N-dealkylation sites (N-methyl/N-ethyl adjacent to an activating group) is 1. The van der Waals surface area contributed by atoms with E-state index in [1.54, 1.807) is 29.3 Å². The molecule has 0 spiro atoms. The molecular formula is C28H31FN4O3. The van der Waals surface area contributed by atoms with Crippen LogP contribution in [-0.4, -0.2) is 83.6 Å². The first-order chi connectivity index (χ1) is 17.4. The standard InChI is InChI=1S/C28H31FN4O3/c1-31-12-14-33(15-13-31)28(36)26(34)24-18-30-25-7-4-21(17-23(24)25)27(35)32-10-8-20(9-11-32)16-19-2-5-22(29)6-3-19/h2-7,17-18,20,30H,8-16H2,1H3. The summed E-state index contributed by atoms with van der Waals surface area (Å²) < 4.78 is 13.2. The van der Waals surface area contributed by atoms with Crippen molar-refractivity contribution in [1.29, 1.82) is 0 Å². The van der Waals surface area contributed by atoms with Gasteiger partial charge in [-0.3, -0.25) is 14.4 Å². The van der Waals surface area contributed by atoms with Crippen LogP contribution in [0.3, 0.4) is 0 Å². The Bertz CT molecular complexity index is 1270. The number of carbonyl (C=O) groups is 3. The molecule has 0 bridgehead atoms. The number of Topliss-reactive ketones (excluding diaryl/α,β-unsaturated/α-hetero) is 1. The molecule has 2 aliphatic heterocycles. The molecule has 8 heteroatoms. The van der Waals surface area contributed by atoms with Gasteiger partial charge in [0.1, 0.15) is 5.82 Å². The molecule has 5 rings (SSSR count). The number of hydrogen-bond acceptors (Lipinski definition) is 4. The Morgan fingerprint density at radius 3 is 2.31 bits per heavy atom. The van der Waals surface area contributed by atoms with Crippen LogP contribution in [0.15, 0.2) is 48.7 Å². The number of carbonyl (C=O) groups excluding carboxylic acids is 3. The fourth-order valence-corrected chi connectivity index (χ4v) is 5.19. The van der Waals surface area contributed by atoms with Gasteiger partial charge < -0.3 is 19.7 Å². The summed E-state index contributed by atoms with van der Waals surface area (Å²) in [5, 5.41) is 0.597. The molecule has 0 radical (unpaired) electrons. The van der Waals surface area contributed by atoms with Gasteiger partial charge in [0.25, 0.3) is 17.6 Å². The SMILES string of the molecule is CN1CCN(C(=O)C(=O)c2c[nH]c3ccc(C(=O)N4CCC(Cc5ccc(F)cc5)CC4)cc23)CC1. The number of H-pyrrole nitrogens is 1. The van der Waals surface area contributed by atoms with Crippen molar-refractivity contribution in [2.75, 3.05) is 46.3 Å². The number of hydrogen-bond donors (Lipinski definition) is 1. The molecule has 188 valence electrons. The first-order valence-corrected chi connectivity index (χ1v) is 12.6. The Kier molecular flexibility index (Phi) is 6.87. The molecule has 36 heavy (non-hydrogen) atoms. The quantitative estimate of drug-likeness (QED) is 0.440. The molecule has 2 aromatic carbocycles. The number of benzene rings is 2. The van der Waals surface area contributed by atoms with Gasteiger partial charge in [-0.2, -0.15) is 0 Å². The van der Waals surface area contributed by atoms with Crippen molar-refractivity contribution in [3.05, 3.63) is 71.2 Å². The number of ketones is 1. The number of amides is 2. The van der Waals surface area contributed by atoms with Crippen LogP contribution < -0.4 is 0 Å². The molecular weight excluding hydrogens is 459 g/mol. The zero-order valence-electron chi connectivity index (χ0n) is 20.5. The molecule has 2 aliphatic rings. The first-order valence-electron chi connectivity index (χ1n) is 12.6. The number of halogens is 1. The second kappa shape index (κ2) is 10.2. The Labute approximate surface area is 209 Å². The first kappa shape index (κ1) is 24.2. The van der Waals surface area contributed by atoms with Crippen molar-refractivity contribution in [2.24, 2.45) is 5.92 Å². The van der Waals surface area contributed by atoms with Gasteiger partial charge in [0.05, 0.1) is 5.56 Å². The van der Waals surface area contributed by atoms with Crippen LogP contribution in [0, 0.1) is 11.7 Å². The molecule has 0 unspecified atom stereocenters. The van der Waals surface area contributed by atoms with E-state index >= 15 is 0 Å². The third-order valence-electron chi connectivity index (χ3n) is 7.50. The lowest BCUT2D eigenvalue weighted by Gasteiger charge is -2.32. The minimum atomic E-state index is -0.544. The maximum absolute atomic E-state index is 13.3. The lowest BCUT2D eigenvalue weighted by Crippen LogP contribution is -2.49. The third-order valence-corrected chi connectivity index (χ3v) is 7.50. The highest BCUT2D eigenvalue weighted by molar-refractivity contribution is 6.45. The molecule has 0 aliphatic carbocycles. The zero-order valence-corrected chi connectivity index (χ0v) is 20.5. The van der Waals surface area contributed by atoms with Gasteiger partial charge >= 0.3 is 0 Å². The minimum Gasteiger partial charge on any atom is -0.360 e. The highest BCUT2D eigenvalue weighted by Gasteiger charge is 2.29. The maximum Gasteiger partial charge on any atom is 0.295 e. The minimum absolute atomic E-state index is 0.0675. The normalized spacial score (nSPS) is 17.5. The van der Waals surface area contributed by atoms with Crippen molar-refractivity contribution in [2.45, 2.75) is 19.3 Å². The van der Waals surface area contributed by atoms with Gasteiger partial charge in [-0.25, -0.2) is 4.39 Å². The van der Waals surface area contributed by atoms with E-state index in [2.05, 4.69) is 9.88 Å². The van der Waals surface area contributed by atoms with E-state index in [9.17, 15) is 18.8 Å². The Morgan fingerprint density at radius 2 is 1.61 bits per heavy atom. The molecule has 2 fully saturated rings. The average Bonchev–Trinajstić information content (AvgIpc) is 3.33. The second-order valence-corrected chi connectivity index (χ2v) is 9.95. The number of aromatic amines is 1. The molecule has 3 aromatic rings. The van der Waals surface area contributed by atoms with Gasteiger partial charge in [-0.1, -0.05) is 12.1 Å². The number of piperidine rings is 1. The van der Waals surface area contributed by atoms with Crippen LogP contribution in [0.1, 0.15) is 39.1 Å². The summed E-state index contributed by atoms with van der Waals surface area (Å²) >= 11 is 0. The highest BCUT2D eigenvalue weighted by atomic mass is 19.1. The monoisotopic (exact) mass is 490 g/mol. The van der Waals surface area contributed by atoms with Crippen LogP contribution in [0.4, 0.5) is 4.39 Å². The van der Waals surface area contributed by atoms with Gasteiger partial charge in [-0.05, 0) is 68.1 Å². The number of aromatic nitrogens is 1. The van der Waals surface area contributed by atoms with Crippen molar-refractivity contribution >= 4 is 28.5 Å². The van der Waals surface area contributed by atoms with E-state index in [-0.39, 0.29) is 11.7 Å². The van der Waals surface area contributed by atoms with Crippen LogP contribution in [-0.2, 0) is 11.2 Å². The van der Waals surface area contributed by atoms with E-state index in [1.165, 1.54) is 12.1 Å². The Balaban J connectivity index is 1.25. The molecule has 2 amide bonds. The molecule has 0 atom stereocenters. The second-order valence-electron chi connectivity index (χ2n) is 9.95. The van der Waals surface area contributed by atoms with E-state index in [0.29, 0.717) is 48.6 Å². The summed E-state index contributed by atoms with van der Waals surface area (Å²) in [6.45, 7) is 3.86. The highest BCUT2D eigenvalue weighted by Crippen LogP contribution is 2.26. The van der Waals surface area contributed by atoms with Gasteiger partial charge in [-0.15, -0.1) is 0 Å². The number of nitrogens with zero attached hydrogens (tertiary/aromatic N) is 3. The fraction of sp³-hybridized carbons (Fsp3) is 0.393. The van der Waals surface area contributed by atoms with Crippen LogP contribution in [0.25, 0.3) is 10.9 Å². The van der Waals surface area contributed by atoms with Crippen LogP contribution in [0.5, 0.6) is 0 Å². The van der Waals surface area contributed by atoms with Crippen LogP contribution in [0.2, 0.25) is 0 Å². The number of likely N-dealkylation sites (tertiary alicyclic amines) is 1. The van der Waals surface area contributed by atoms with Crippen molar-refractivity contribution in [3.8, 4) is 0 Å². The van der Waals surface area contributed by atoms with Gasteiger partial charge in [0.15, 0.2) is 0 Å². The van der Waals surface area contributed by atoms with Crippen molar-refractivity contribution in [1.82, 2.24) is 19.7 Å². The topological polar surface area (TPSA) is 76.7 Å². The molecule has 7 nitrogen and oxygen atoms in total. The molecule has 0 saturated carbocycles. The fourth-order valence-electron chi connectivity index (χ4n) is 5.19. The van der Waals surface area contributed by atoms with E-state index in [4.69, 9.17) is 0 Å². The average molecular weight is 491 g/mol. The zero-order chi connectivity index (χ0) is 25.2. The number of nitrogens with one attached hydrogen (secondary N) is 1. The Morgan fingerprint density at radius 1 is 0.917 bits per heavy atom. The number of fused-ring (bicyclic) bond motifs is 1. The molecule has 1 aromatic heterocycles. The Hall–Kier alpha value is -3.52. The molecule has 2 saturated heterocycles. The largest absolute Gasteiger partial charge is 0.360 e. The van der Waals surface area contributed by atoms with Gasteiger partial charge in [0, 0.05) is 61.9 Å². The van der Waals surface area contributed by atoms with Crippen molar-refractivity contribution in [3.63, 3.8) is 0 Å². The number of rotatable bonds is 5. The van der Waals surface area contributed by atoms with Crippen molar-refractivity contribution < 1.29 is 18.8 Å². The summed E-state index contributed by atoms with van der Waals surface area (Å²) in [7, 11) is 2.00. The lowest BCUT2D eigenvalue weighted by molar-refractivity contribution is -0.127. The summed E-state index contributed by atoms with van der Waals surface area (Å²) in [5.74, 6) is -0.883. The maximum atomic E-state index is 13.3. The molecule has 3 heterocycles. The summed E-state index contributed by atoms with van der Waals surface area (Å²) in [6, 6.07) is 11.9. The van der Waals surface area contributed by atoms with Crippen LogP contribution >= 0.6 is 0 Å². The summed E-state index contributed by atoms with van der Waals surface area (Å²) in [4.78, 5) is 47.8. The lowest BCUT2D eigenvalue weighted by atomic mass is 9.90. The van der Waals surface area contributed by atoms with Gasteiger partial charge in [0.2, 0.25) is 0 Å². The summed E-state index contributed by atoms with van der Waals surface area (Å²) in [5.41, 5.74) is 2.66. The predicted molar refractivity (Wildman–Crippen MR) is 135 cm³/mol. The van der Waals surface area contributed by atoms with E-state index < -0.39 is 11.7 Å². The smallest absolute Gasteiger partial charge is 0.295 e. The molecule has 1 N–H and O–H groups in total. The van der Waals surface area contributed by atoms with E-state index in [0.717, 1.165) is 43.4 Å². The predicted octanol–water partition coefficient (Wildman–Crippen LogP) is 3.36. The summed E-state index contributed by atoms with van der Waals surface area (Å²) in [6.07, 6.45) is 4.22. The number of piperazine rings is 1.